The standard InChI is InChI=1S/C21H30N6O7/c1-12(2)7-14(19(22)31)26-21(33)16-8-13(25-20(32)15-9-23-4-5-24-15)3-6-27(16)17(28)10-34-11-18(29)30/h4-5,9,12-14,16H,3,6-8,10-11H2,1-2H3,(H2,22,31)(H,25,32)(H,26,33)(H,29,30). The number of carboxylic acids is 1. The average Bonchev–Trinajstić information content (AvgIpc) is 2.78. The number of likely N-dealkylation sites (tertiary alicyclic amines) is 1. The third kappa shape index (κ3) is 8.06. The predicted octanol–water partition coefficient (Wildman–Crippen LogP) is -1.32. The lowest BCUT2D eigenvalue weighted by atomic mass is 9.95. The Hall–Kier alpha value is -3.61. The highest BCUT2D eigenvalue weighted by Crippen LogP contribution is 2.20. The number of carboxylic acid groups (broad SMARTS) is 1. The van der Waals surface area contributed by atoms with Crippen molar-refractivity contribution in [2.75, 3.05) is 19.8 Å². The van der Waals surface area contributed by atoms with Gasteiger partial charge in [0.05, 0.1) is 6.20 Å². The fourth-order valence-corrected chi connectivity index (χ4v) is 3.61. The van der Waals surface area contributed by atoms with Crippen LogP contribution in [0.2, 0.25) is 0 Å². The van der Waals surface area contributed by atoms with Crippen molar-refractivity contribution >= 4 is 29.6 Å². The number of rotatable bonds is 11. The first-order valence-electron chi connectivity index (χ1n) is 10.8. The van der Waals surface area contributed by atoms with Gasteiger partial charge >= 0.3 is 5.97 Å². The number of nitrogens with two attached hydrogens (primary N) is 1. The largest absolute Gasteiger partial charge is 0.480 e. The summed E-state index contributed by atoms with van der Waals surface area (Å²) in [6.45, 7) is 2.65. The molecule has 0 bridgehead atoms. The van der Waals surface area contributed by atoms with Crippen molar-refractivity contribution in [3.05, 3.63) is 24.3 Å². The second-order valence-electron chi connectivity index (χ2n) is 8.37. The normalized spacial score (nSPS) is 18.7. The van der Waals surface area contributed by atoms with Crippen LogP contribution in [0.15, 0.2) is 18.6 Å². The summed E-state index contributed by atoms with van der Waals surface area (Å²) >= 11 is 0. The van der Waals surface area contributed by atoms with Gasteiger partial charge in [-0.25, -0.2) is 9.78 Å². The molecule has 0 radical (unpaired) electrons. The van der Waals surface area contributed by atoms with E-state index in [1.54, 1.807) is 0 Å². The predicted molar refractivity (Wildman–Crippen MR) is 117 cm³/mol. The van der Waals surface area contributed by atoms with E-state index in [-0.39, 0.29) is 24.6 Å². The Kier molecular flexibility index (Phi) is 9.86. The molecule has 3 atom stereocenters. The summed E-state index contributed by atoms with van der Waals surface area (Å²) in [6.07, 6.45) is 4.83. The van der Waals surface area contributed by atoms with Crippen LogP contribution >= 0.6 is 0 Å². The van der Waals surface area contributed by atoms with Gasteiger partial charge in [-0.1, -0.05) is 13.8 Å². The topological polar surface area (TPSA) is 194 Å². The lowest BCUT2D eigenvalue weighted by molar-refractivity contribution is -0.150. The molecular formula is C21H30N6O7. The van der Waals surface area contributed by atoms with Gasteiger partial charge in [0.15, 0.2) is 0 Å². The number of aliphatic carboxylic acids is 1. The van der Waals surface area contributed by atoms with Crippen LogP contribution in [-0.4, -0.2) is 87.5 Å². The molecule has 186 valence electrons. The molecule has 0 aromatic carbocycles. The Morgan fingerprint density at radius 1 is 1.24 bits per heavy atom. The zero-order valence-electron chi connectivity index (χ0n) is 19.1. The summed E-state index contributed by atoms with van der Waals surface area (Å²) in [5, 5.41) is 14.1. The molecule has 1 aliphatic rings. The molecule has 0 spiro atoms. The molecule has 13 nitrogen and oxygen atoms in total. The second-order valence-corrected chi connectivity index (χ2v) is 8.37. The number of carbonyl (C=O) groups excluding carboxylic acids is 4. The summed E-state index contributed by atoms with van der Waals surface area (Å²) in [5.41, 5.74) is 5.54. The van der Waals surface area contributed by atoms with E-state index in [4.69, 9.17) is 15.6 Å². The highest BCUT2D eigenvalue weighted by atomic mass is 16.5. The third-order valence-electron chi connectivity index (χ3n) is 5.17. The number of piperidine rings is 1. The first-order chi connectivity index (χ1) is 16.1. The average molecular weight is 479 g/mol. The van der Waals surface area contributed by atoms with Gasteiger partial charge in [0, 0.05) is 25.0 Å². The molecule has 4 amide bonds. The van der Waals surface area contributed by atoms with Gasteiger partial charge in [-0.3, -0.25) is 24.2 Å². The van der Waals surface area contributed by atoms with E-state index in [2.05, 4.69) is 20.6 Å². The quantitative estimate of drug-likeness (QED) is 0.298. The molecule has 5 N–H and O–H groups in total. The molecule has 0 saturated carbocycles. The fourth-order valence-electron chi connectivity index (χ4n) is 3.61. The SMILES string of the molecule is CC(C)CC(NC(=O)C1CC(NC(=O)c2cnccn2)CCN1C(=O)COCC(=O)O)C(N)=O. The Bertz CT molecular complexity index is 895. The fraction of sp³-hybridized carbons (Fsp3) is 0.571. The third-order valence-corrected chi connectivity index (χ3v) is 5.17. The first-order valence-corrected chi connectivity index (χ1v) is 10.8. The zero-order valence-corrected chi connectivity index (χ0v) is 19.1. The lowest BCUT2D eigenvalue weighted by Gasteiger charge is -2.39. The molecule has 1 aromatic rings. The number of ether oxygens (including phenoxy) is 1. The van der Waals surface area contributed by atoms with Crippen LogP contribution in [-0.2, 0) is 23.9 Å². The maximum atomic E-state index is 13.1. The van der Waals surface area contributed by atoms with Crippen LogP contribution in [0.25, 0.3) is 0 Å². The van der Waals surface area contributed by atoms with Crippen molar-refractivity contribution in [3.63, 3.8) is 0 Å². The number of carbonyl (C=O) groups is 5. The number of hydrogen-bond acceptors (Lipinski definition) is 8. The number of nitrogens with zero attached hydrogens (tertiary/aromatic N) is 3. The summed E-state index contributed by atoms with van der Waals surface area (Å²) in [5.74, 6) is -3.52. The highest BCUT2D eigenvalue weighted by Gasteiger charge is 2.38. The van der Waals surface area contributed by atoms with Crippen molar-refractivity contribution in [1.29, 1.82) is 0 Å². The van der Waals surface area contributed by atoms with Gasteiger partial charge in [-0.15, -0.1) is 0 Å². The van der Waals surface area contributed by atoms with Crippen molar-refractivity contribution in [1.82, 2.24) is 25.5 Å². The van der Waals surface area contributed by atoms with Crippen LogP contribution in [0, 0.1) is 5.92 Å². The smallest absolute Gasteiger partial charge is 0.329 e. The molecule has 34 heavy (non-hydrogen) atoms. The van der Waals surface area contributed by atoms with Gasteiger partial charge in [0.25, 0.3) is 5.91 Å². The molecule has 1 aromatic heterocycles. The van der Waals surface area contributed by atoms with E-state index in [1.165, 1.54) is 23.5 Å². The summed E-state index contributed by atoms with van der Waals surface area (Å²) in [6, 6.07) is -2.43. The van der Waals surface area contributed by atoms with E-state index in [1.807, 2.05) is 13.8 Å². The Balaban J connectivity index is 2.14. The number of primary amides is 1. The zero-order chi connectivity index (χ0) is 25.3. The van der Waals surface area contributed by atoms with E-state index in [9.17, 15) is 24.0 Å². The minimum Gasteiger partial charge on any atom is -0.480 e. The summed E-state index contributed by atoms with van der Waals surface area (Å²) < 4.78 is 4.88. The molecule has 1 aliphatic heterocycles. The monoisotopic (exact) mass is 478 g/mol. The molecule has 2 heterocycles. The number of amides is 4. The van der Waals surface area contributed by atoms with Crippen LogP contribution < -0.4 is 16.4 Å². The summed E-state index contributed by atoms with van der Waals surface area (Å²) in [4.78, 5) is 69.8. The van der Waals surface area contributed by atoms with E-state index < -0.39 is 60.9 Å². The van der Waals surface area contributed by atoms with E-state index in [0.717, 1.165) is 0 Å². The Morgan fingerprint density at radius 2 is 1.97 bits per heavy atom. The molecule has 2 rings (SSSR count). The van der Waals surface area contributed by atoms with Gasteiger partial charge < -0.3 is 31.1 Å². The maximum absolute atomic E-state index is 13.1. The molecular weight excluding hydrogens is 448 g/mol. The minimum absolute atomic E-state index is 0.0651. The van der Waals surface area contributed by atoms with Crippen molar-refractivity contribution in [2.24, 2.45) is 11.7 Å². The first kappa shape index (κ1) is 26.6. The van der Waals surface area contributed by atoms with Gasteiger partial charge in [0.1, 0.15) is 31.0 Å². The van der Waals surface area contributed by atoms with Gasteiger partial charge in [0.2, 0.25) is 17.7 Å². The van der Waals surface area contributed by atoms with Crippen LogP contribution in [0.3, 0.4) is 0 Å². The molecule has 13 heteroatoms. The molecule has 1 fully saturated rings. The van der Waals surface area contributed by atoms with Gasteiger partial charge in [-0.2, -0.15) is 0 Å². The van der Waals surface area contributed by atoms with E-state index >= 15 is 0 Å². The number of hydrogen-bond donors (Lipinski definition) is 4. The van der Waals surface area contributed by atoms with Crippen LogP contribution in [0.5, 0.6) is 0 Å². The lowest BCUT2D eigenvalue weighted by Crippen LogP contribution is -2.60. The second kappa shape index (κ2) is 12.6. The number of nitrogens with one attached hydrogen (secondary N) is 2. The Labute approximate surface area is 196 Å². The van der Waals surface area contributed by atoms with Crippen molar-refractivity contribution < 1.29 is 33.8 Å². The van der Waals surface area contributed by atoms with Crippen molar-refractivity contribution in [3.8, 4) is 0 Å². The summed E-state index contributed by atoms with van der Waals surface area (Å²) in [7, 11) is 0. The van der Waals surface area contributed by atoms with Crippen molar-refractivity contribution in [2.45, 2.75) is 51.2 Å². The number of aromatic nitrogens is 2. The maximum Gasteiger partial charge on any atom is 0.329 e. The van der Waals surface area contributed by atoms with E-state index in [0.29, 0.717) is 12.8 Å². The van der Waals surface area contributed by atoms with Gasteiger partial charge in [-0.05, 0) is 25.2 Å². The molecule has 3 unspecified atom stereocenters. The van der Waals surface area contributed by atoms with Crippen LogP contribution in [0.4, 0.5) is 0 Å². The molecule has 0 aliphatic carbocycles. The Morgan fingerprint density at radius 3 is 2.56 bits per heavy atom. The molecule has 1 saturated heterocycles. The highest BCUT2D eigenvalue weighted by molar-refractivity contribution is 5.93. The minimum atomic E-state index is -1.23. The van der Waals surface area contributed by atoms with Crippen LogP contribution in [0.1, 0.15) is 43.6 Å².